The van der Waals surface area contributed by atoms with Crippen molar-refractivity contribution in [2.24, 2.45) is 5.73 Å². The van der Waals surface area contributed by atoms with Gasteiger partial charge in [0, 0.05) is 40.9 Å². The molecule has 0 radical (unpaired) electrons. The monoisotopic (exact) mass is 365 g/mol. The second kappa shape index (κ2) is 8.70. The summed E-state index contributed by atoms with van der Waals surface area (Å²) in [5.41, 5.74) is 7.23. The van der Waals surface area contributed by atoms with Gasteiger partial charge in [0.25, 0.3) is 5.91 Å². The number of nitrogens with two attached hydrogens (primary N) is 1. The van der Waals surface area contributed by atoms with Crippen molar-refractivity contribution in [3.8, 4) is 0 Å². The van der Waals surface area contributed by atoms with Crippen molar-refractivity contribution in [1.82, 2.24) is 10.6 Å². The second-order valence-corrected chi connectivity index (χ2v) is 6.47. The molecule has 0 unspecified atom stereocenters. The highest BCUT2D eigenvalue weighted by Gasteiger charge is 2.29. The van der Waals surface area contributed by atoms with Crippen LogP contribution in [0.5, 0.6) is 0 Å². The molecule has 0 bridgehead atoms. The summed E-state index contributed by atoms with van der Waals surface area (Å²) in [5, 5.41) is 6.05. The zero-order valence-corrected chi connectivity index (χ0v) is 15.1. The van der Waals surface area contributed by atoms with Crippen LogP contribution in [-0.2, 0) is 0 Å². The van der Waals surface area contributed by atoms with Gasteiger partial charge in [-0.15, -0.1) is 0 Å². The fourth-order valence-electron chi connectivity index (χ4n) is 3.13. The van der Waals surface area contributed by atoms with E-state index in [1.807, 2.05) is 0 Å². The minimum Gasteiger partial charge on any atom is -0.351 e. The molecule has 0 atom stereocenters. The van der Waals surface area contributed by atoms with Gasteiger partial charge in [0.2, 0.25) is 0 Å². The van der Waals surface area contributed by atoms with Crippen molar-refractivity contribution in [3.63, 3.8) is 0 Å². The summed E-state index contributed by atoms with van der Waals surface area (Å²) in [5.74, 6) is -0.675. The Labute approximate surface area is 158 Å². The smallest absolute Gasteiger partial charge is 0.251 e. The maximum absolute atomic E-state index is 12.7. The highest BCUT2D eigenvalue weighted by atomic mass is 16.2. The molecule has 0 aliphatic heterocycles. The van der Waals surface area contributed by atoms with Gasteiger partial charge in [-0.3, -0.25) is 14.4 Å². The molecule has 140 valence electrons. The molecule has 4 N–H and O–H groups in total. The highest BCUT2D eigenvalue weighted by molar-refractivity contribution is 6.28. The van der Waals surface area contributed by atoms with Crippen molar-refractivity contribution in [3.05, 3.63) is 70.3 Å². The number of unbranched alkanes of at least 4 members (excludes halogenated alkanes) is 1. The van der Waals surface area contributed by atoms with Crippen LogP contribution in [0, 0.1) is 0 Å². The Balaban J connectivity index is 1.65. The summed E-state index contributed by atoms with van der Waals surface area (Å²) in [7, 11) is 0. The van der Waals surface area contributed by atoms with Gasteiger partial charge < -0.3 is 16.4 Å². The Bertz CT molecular complexity index is 877. The number of hydrogen-bond donors (Lipinski definition) is 3. The standard InChI is InChI=1S/C21H23N3O3/c22-9-3-4-10-23-11-12-24-21(27)14-7-8-17-18(13-14)20(26)16-6-2-1-5-15(16)19(17)25/h1-2,5-8,13,23H,3-4,9-12,22H2,(H,24,27). The van der Waals surface area contributed by atoms with E-state index in [1.54, 1.807) is 36.4 Å². The highest BCUT2D eigenvalue weighted by Crippen LogP contribution is 2.27. The third kappa shape index (κ3) is 4.13. The Hall–Kier alpha value is -2.83. The van der Waals surface area contributed by atoms with E-state index in [0.717, 1.165) is 19.4 Å². The van der Waals surface area contributed by atoms with E-state index in [-0.39, 0.29) is 23.0 Å². The summed E-state index contributed by atoms with van der Waals surface area (Å²) in [6.07, 6.45) is 1.98. The average Bonchev–Trinajstić information content (AvgIpc) is 2.70. The van der Waals surface area contributed by atoms with Gasteiger partial charge in [-0.1, -0.05) is 24.3 Å². The molecule has 6 nitrogen and oxygen atoms in total. The molecule has 0 fully saturated rings. The Morgan fingerprint density at radius 3 is 2.19 bits per heavy atom. The number of rotatable bonds is 8. The molecule has 6 heteroatoms. The molecule has 0 saturated heterocycles. The zero-order valence-electron chi connectivity index (χ0n) is 15.1. The van der Waals surface area contributed by atoms with Crippen LogP contribution in [0.15, 0.2) is 42.5 Å². The second-order valence-electron chi connectivity index (χ2n) is 6.47. The quantitative estimate of drug-likeness (QED) is 0.526. The molecule has 0 heterocycles. The van der Waals surface area contributed by atoms with Crippen molar-refractivity contribution in [2.45, 2.75) is 12.8 Å². The van der Waals surface area contributed by atoms with E-state index in [1.165, 1.54) is 6.07 Å². The summed E-state index contributed by atoms with van der Waals surface area (Å²) >= 11 is 0. The van der Waals surface area contributed by atoms with Crippen molar-refractivity contribution < 1.29 is 14.4 Å². The van der Waals surface area contributed by atoms with Crippen LogP contribution >= 0.6 is 0 Å². The van der Waals surface area contributed by atoms with Crippen LogP contribution in [-0.4, -0.2) is 43.7 Å². The number of ketones is 2. The lowest BCUT2D eigenvalue weighted by Gasteiger charge is -2.18. The topological polar surface area (TPSA) is 101 Å². The van der Waals surface area contributed by atoms with E-state index >= 15 is 0 Å². The zero-order chi connectivity index (χ0) is 19.2. The molecule has 27 heavy (non-hydrogen) atoms. The van der Waals surface area contributed by atoms with E-state index in [0.29, 0.717) is 41.9 Å². The molecular formula is C21H23N3O3. The number of benzene rings is 2. The van der Waals surface area contributed by atoms with Crippen LogP contribution in [0.3, 0.4) is 0 Å². The fraction of sp³-hybridized carbons (Fsp3) is 0.286. The Morgan fingerprint density at radius 1 is 0.815 bits per heavy atom. The molecule has 2 aromatic carbocycles. The van der Waals surface area contributed by atoms with Crippen LogP contribution in [0.25, 0.3) is 0 Å². The lowest BCUT2D eigenvalue weighted by molar-refractivity contribution is 0.0951. The molecule has 0 spiro atoms. The molecule has 0 saturated carbocycles. The number of carbonyl (C=O) groups is 3. The minimum absolute atomic E-state index is 0.186. The summed E-state index contributed by atoms with van der Waals surface area (Å²) < 4.78 is 0. The van der Waals surface area contributed by atoms with E-state index in [4.69, 9.17) is 5.73 Å². The van der Waals surface area contributed by atoms with Crippen LogP contribution in [0.1, 0.15) is 55.0 Å². The summed E-state index contributed by atoms with van der Waals surface area (Å²) in [4.78, 5) is 37.6. The molecule has 0 aromatic heterocycles. The van der Waals surface area contributed by atoms with E-state index < -0.39 is 0 Å². The summed E-state index contributed by atoms with van der Waals surface area (Å²) in [6.45, 7) is 2.69. The van der Waals surface area contributed by atoms with Crippen molar-refractivity contribution in [2.75, 3.05) is 26.2 Å². The Kier molecular flexibility index (Phi) is 6.11. The van der Waals surface area contributed by atoms with Gasteiger partial charge >= 0.3 is 0 Å². The molecule has 2 aromatic rings. The number of amides is 1. The summed E-state index contributed by atoms with van der Waals surface area (Å²) in [6, 6.07) is 11.4. The largest absolute Gasteiger partial charge is 0.351 e. The average molecular weight is 365 g/mol. The first kappa shape index (κ1) is 18.9. The maximum Gasteiger partial charge on any atom is 0.251 e. The molecular weight excluding hydrogens is 342 g/mol. The first-order chi connectivity index (χ1) is 13.1. The van der Waals surface area contributed by atoms with Crippen molar-refractivity contribution in [1.29, 1.82) is 0 Å². The van der Waals surface area contributed by atoms with Gasteiger partial charge in [0.1, 0.15) is 0 Å². The fourth-order valence-corrected chi connectivity index (χ4v) is 3.13. The Morgan fingerprint density at radius 2 is 1.48 bits per heavy atom. The maximum atomic E-state index is 12.7. The van der Waals surface area contributed by atoms with Gasteiger partial charge in [-0.05, 0) is 44.1 Å². The van der Waals surface area contributed by atoms with E-state index in [2.05, 4.69) is 10.6 Å². The van der Waals surface area contributed by atoms with Gasteiger partial charge in [0.05, 0.1) is 0 Å². The van der Waals surface area contributed by atoms with E-state index in [9.17, 15) is 14.4 Å². The third-order valence-electron chi connectivity index (χ3n) is 4.58. The van der Waals surface area contributed by atoms with Crippen LogP contribution in [0.4, 0.5) is 0 Å². The molecule has 3 rings (SSSR count). The number of nitrogens with one attached hydrogen (secondary N) is 2. The molecule has 1 aliphatic rings. The molecule has 1 aliphatic carbocycles. The first-order valence-corrected chi connectivity index (χ1v) is 9.15. The predicted molar refractivity (Wildman–Crippen MR) is 103 cm³/mol. The molecule has 1 amide bonds. The first-order valence-electron chi connectivity index (χ1n) is 9.15. The minimum atomic E-state index is -0.263. The third-order valence-corrected chi connectivity index (χ3v) is 4.58. The lowest BCUT2D eigenvalue weighted by atomic mass is 9.83. The van der Waals surface area contributed by atoms with Crippen LogP contribution < -0.4 is 16.4 Å². The van der Waals surface area contributed by atoms with Gasteiger partial charge in [0.15, 0.2) is 11.6 Å². The SMILES string of the molecule is NCCCCNCCNC(=O)c1ccc2c(c1)C(=O)c1ccccc1C2=O. The lowest BCUT2D eigenvalue weighted by Crippen LogP contribution is -2.32. The van der Waals surface area contributed by atoms with Gasteiger partial charge in [-0.25, -0.2) is 0 Å². The van der Waals surface area contributed by atoms with Crippen LogP contribution in [0.2, 0.25) is 0 Å². The normalized spacial score (nSPS) is 12.5. The van der Waals surface area contributed by atoms with Gasteiger partial charge in [-0.2, -0.15) is 0 Å². The van der Waals surface area contributed by atoms with Crippen molar-refractivity contribution >= 4 is 17.5 Å². The number of hydrogen-bond acceptors (Lipinski definition) is 5. The number of fused-ring (bicyclic) bond motifs is 2. The predicted octanol–water partition coefficient (Wildman–Crippen LogP) is 1.52. The number of carbonyl (C=O) groups excluding carboxylic acids is 3.